The second kappa shape index (κ2) is 4.77. The maximum Gasteiger partial charge on any atom is 0.227 e. The normalized spacial score (nSPS) is 29.7. The molecule has 0 aromatic carbocycles. The van der Waals surface area contributed by atoms with Crippen molar-refractivity contribution in [1.29, 1.82) is 0 Å². The first kappa shape index (κ1) is 10.7. The lowest BCUT2D eigenvalue weighted by Crippen LogP contribution is -2.44. The molecule has 3 heteroatoms. The molecule has 3 nitrogen and oxygen atoms in total. The van der Waals surface area contributed by atoms with Gasteiger partial charge in [-0.05, 0) is 18.8 Å². The van der Waals surface area contributed by atoms with Crippen molar-refractivity contribution in [2.45, 2.75) is 44.9 Å². The van der Waals surface area contributed by atoms with Crippen molar-refractivity contribution in [2.24, 2.45) is 11.8 Å². The van der Waals surface area contributed by atoms with Crippen LogP contribution in [0.3, 0.4) is 0 Å². The minimum absolute atomic E-state index is 0.0927. The fraction of sp³-hybridized carbons (Fsp3) is 0.833. The van der Waals surface area contributed by atoms with E-state index in [0.717, 1.165) is 0 Å². The van der Waals surface area contributed by atoms with Gasteiger partial charge in [-0.15, -0.1) is 0 Å². The summed E-state index contributed by atoms with van der Waals surface area (Å²) < 4.78 is 0. The molecule has 84 valence electrons. The van der Waals surface area contributed by atoms with Crippen LogP contribution in [0.15, 0.2) is 0 Å². The molecule has 1 heterocycles. The molecule has 2 rings (SSSR count). The molecule has 1 atom stereocenters. The lowest BCUT2D eigenvalue weighted by atomic mass is 9.80. The molecule has 1 unspecified atom stereocenters. The Morgan fingerprint density at radius 1 is 1.00 bits per heavy atom. The first-order valence-electron chi connectivity index (χ1n) is 6.07. The Balaban J connectivity index is 1.96. The predicted molar refractivity (Wildman–Crippen MR) is 57.3 cm³/mol. The Hall–Kier alpha value is -0.860. The van der Waals surface area contributed by atoms with Crippen molar-refractivity contribution in [1.82, 2.24) is 5.32 Å². The van der Waals surface area contributed by atoms with Crippen LogP contribution < -0.4 is 5.32 Å². The van der Waals surface area contributed by atoms with Gasteiger partial charge in [-0.3, -0.25) is 9.59 Å². The predicted octanol–water partition coefficient (Wildman–Crippen LogP) is 1.66. The highest BCUT2D eigenvalue weighted by Gasteiger charge is 2.33. The van der Waals surface area contributed by atoms with Gasteiger partial charge >= 0.3 is 0 Å². The van der Waals surface area contributed by atoms with Crippen LogP contribution >= 0.6 is 0 Å². The number of nitrogens with one attached hydrogen (secondary N) is 1. The summed E-state index contributed by atoms with van der Waals surface area (Å²) >= 11 is 0. The molecule has 15 heavy (non-hydrogen) atoms. The standard InChI is InChI=1S/C12H19NO2/c14-11-7-12(15)13-8-10(11)9-5-3-1-2-4-6-9/h9-10H,1-8H2,(H,13,15). The summed E-state index contributed by atoms with van der Waals surface area (Å²) in [5.41, 5.74) is 0. The van der Waals surface area contributed by atoms with E-state index in [4.69, 9.17) is 0 Å². The number of piperidine rings is 1. The first-order valence-corrected chi connectivity index (χ1v) is 6.07. The number of carbonyl (C=O) groups excluding carboxylic acids is 2. The average molecular weight is 209 g/mol. The molecule has 1 saturated heterocycles. The van der Waals surface area contributed by atoms with Gasteiger partial charge in [0.15, 0.2) is 0 Å². The average Bonchev–Trinajstić information content (AvgIpc) is 2.46. The summed E-state index contributed by atoms with van der Waals surface area (Å²) in [5.74, 6) is 0.719. The fourth-order valence-corrected chi connectivity index (χ4v) is 2.83. The number of ketones is 1. The zero-order valence-electron chi connectivity index (χ0n) is 9.13. The van der Waals surface area contributed by atoms with Crippen molar-refractivity contribution >= 4 is 11.7 Å². The number of hydrogen-bond acceptors (Lipinski definition) is 2. The third-order valence-electron chi connectivity index (χ3n) is 3.74. The van der Waals surface area contributed by atoms with E-state index < -0.39 is 0 Å². The summed E-state index contributed by atoms with van der Waals surface area (Å²) in [7, 11) is 0. The smallest absolute Gasteiger partial charge is 0.227 e. The topological polar surface area (TPSA) is 46.2 Å². The Kier molecular flexibility index (Phi) is 3.39. The molecular weight excluding hydrogens is 190 g/mol. The van der Waals surface area contributed by atoms with E-state index in [1.165, 1.54) is 38.5 Å². The third kappa shape index (κ3) is 2.58. The zero-order chi connectivity index (χ0) is 10.7. The van der Waals surface area contributed by atoms with Gasteiger partial charge in [-0.2, -0.15) is 0 Å². The van der Waals surface area contributed by atoms with Gasteiger partial charge in [0.05, 0.1) is 6.42 Å². The van der Waals surface area contributed by atoms with Crippen molar-refractivity contribution in [3.05, 3.63) is 0 Å². The molecule has 1 aliphatic heterocycles. The zero-order valence-corrected chi connectivity index (χ0v) is 9.13. The lowest BCUT2D eigenvalue weighted by molar-refractivity contribution is -0.135. The van der Waals surface area contributed by atoms with Crippen LogP contribution in [0.1, 0.15) is 44.9 Å². The highest BCUT2D eigenvalue weighted by atomic mass is 16.2. The SMILES string of the molecule is O=C1CC(=O)C(C2CCCCCC2)CN1. The number of rotatable bonds is 1. The maximum absolute atomic E-state index is 11.8. The van der Waals surface area contributed by atoms with Crippen LogP contribution in [-0.4, -0.2) is 18.2 Å². The molecule has 0 aromatic rings. The number of carbonyl (C=O) groups is 2. The molecular formula is C12H19NO2. The molecule has 2 aliphatic rings. The summed E-state index contributed by atoms with van der Waals surface area (Å²) in [6.07, 6.45) is 7.58. The fourth-order valence-electron chi connectivity index (χ4n) is 2.83. The first-order chi connectivity index (χ1) is 7.27. The summed E-state index contributed by atoms with van der Waals surface area (Å²) in [4.78, 5) is 22.8. The Morgan fingerprint density at radius 3 is 2.27 bits per heavy atom. The molecule has 0 aromatic heterocycles. The largest absolute Gasteiger partial charge is 0.355 e. The van der Waals surface area contributed by atoms with Gasteiger partial charge < -0.3 is 5.32 Å². The number of hydrogen-bond donors (Lipinski definition) is 1. The van der Waals surface area contributed by atoms with E-state index in [1.54, 1.807) is 0 Å². The van der Waals surface area contributed by atoms with Crippen molar-refractivity contribution in [3.63, 3.8) is 0 Å². The molecule has 0 bridgehead atoms. The quantitative estimate of drug-likeness (QED) is 0.527. The second-order valence-electron chi connectivity index (χ2n) is 4.81. The van der Waals surface area contributed by atoms with Gasteiger partial charge in [-0.1, -0.05) is 25.7 Å². The van der Waals surface area contributed by atoms with Crippen LogP contribution in [0.2, 0.25) is 0 Å². The van der Waals surface area contributed by atoms with Crippen LogP contribution in [0.4, 0.5) is 0 Å². The van der Waals surface area contributed by atoms with Gasteiger partial charge in [0.1, 0.15) is 5.78 Å². The molecule has 1 aliphatic carbocycles. The molecule has 0 radical (unpaired) electrons. The second-order valence-corrected chi connectivity index (χ2v) is 4.81. The van der Waals surface area contributed by atoms with E-state index >= 15 is 0 Å². The minimum Gasteiger partial charge on any atom is -0.355 e. The van der Waals surface area contributed by atoms with Crippen LogP contribution in [-0.2, 0) is 9.59 Å². The van der Waals surface area contributed by atoms with Crippen LogP contribution in [0.5, 0.6) is 0 Å². The lowest BCUT2D eigenvalue weighted by Gasteiger charge is -2.28. The summed E-state index contributed by atoms with van der Waals surface area (Å²) in [6.45, 7) is 0.586. The molecule has 2 fully saturated rings. The van der Waals surface area contributed by atoms with E-state index in [9.17, 15) is 9.59 Å². The number of Topliss-reactive ketones (excluding diaryl/α,β-unsaturated/α-hetero) is 1. The van der Waals surface area contributed by atoms with Gasteiger partial charge in [0, 0.05) is 12.5 Å². The Morgan fingerprint density at radius 2 is 1.67 bits per heavy atom. The molecule has 0 spiro atoms. The van der Waals surface area contributed by atoms with Crippen LogP contribution in [0, 0.1) is 11.8 Å². The third-order valence-corrected chi connectivity index (χ3v) is 3.74. The monoisotopic (exact) mass is 209 g/mol. The Labute approximate surface area is 90.6 Å². The van der Waals surface area contributed by atoms with Crippen molar-refractivity contribution < 1.29 is 9.59 Å². The maximum atomic E-state index is 11.8. The van der Waals surface area contributed by atoms with E-state index in [1.807, 2.05) is 0 Å². The molecule has 1 saturated carbocycles. The van der Waals surface area contributed by atoms with Crippen LogP contribution in [0.25, 0.3) is 0 Å². The summed E-state index contributed by atoms with van der Waals surface area (Å²) in [5, 5.41) is 2.82. The van der Waals surface area contributed by atoms with Gasteiger partial charge in [-0.25, -0.2) is 0 Å². The minimum atomic E-state index is -0.0927. The Bertz CT molecular complexity index is 254. The van der Waals surface area contributed by atoms with E-state index in [2.05, 4.69) is 5.32 Å². The van der Waals surface area contributed by atoms with Crippen molar-refractivity contribution in [2.75, 3.05) is 6.54 Å². The highest BCUT2D eigenvalue weighted by Crippen LogP contribution is 2.30. The number of amides is 1. The van der Waals surface area contributed by atoms with E-state index in [-0.39, 0.29) is 24.0 Å². The molecule has 1 amide bonds. The summed E-state index contributed by atoms with van der Waals surface area (Å²) in [6, 6.07) is 0. The highest BCUT2D eigenvalue weighted by molar-refractivity contribution is 6.01. The molecule has 1 N–H and O–H groups in total. The van der Waals surface area contributed by atoms with Gasteiger partial charge in [0.25, 0.3) is 0 Å². The van der Waals surface area contributed by atoms with E-state index in [0.29, 0.717) is 12.5 Å². The van der Waals surface area contributed by atoms with Gasteiger partial charge in [0.2, 0.25) is 5.91 Å². The van der Waals surface area contributed by atoms with Crippen molar-refractivity contribution in [3.8, 4) is 0 Å².